The van der Waals surface area contributed by atoms with Crippen molar-refractivity contribution in [2.45, 2.75) is 105 Å². The van der Waals surface area contributed by atoms with Crippen LogP contribution in [0.1, 0.15) is 92.9 Å². The van der Waals surface area contributed by atoms with Crippen LogP contribution in [0, 0.1) is 52.3 Å². The van der Waals surface area contributed by atoms with E-state index in [1.165, 1.54) is 19.3 Å². The molecule has 0 aromatic carbocycles. The Morgan fingerprint density at radius 2 is 1.68 bits per heavy atom. The second-order valence-electron chi connectivity index (χ2n) is 12.8. The van der Waals surface area contributed by atoms with Gasteiger partial charge in [0.2, 0.25) is 0 Å². The second kappa shape index (κ2) is 7.97. The summed E-state index contributed by atoms with van der Waals surface area (Å²) in [5, 5.41) is 21.8. The number of ketones is 1. The maximum Gasteiger partial charge on any atom is 0.165 e. The van der Waals surface area contributed by atoms with E-state index in [1.54, 1.807) is 0 Å². The number of aliphatic hydroxyl groups is 2. The molecule has 0 aliphatic heterocycles. The molecule has 4 aliphatic carbocycles. The first-order valence-electron chi connectivity index (χ1n) is 13.1. The average Bonchev–Trinajstić information content (AvgIpc) is 3.05. The van der Waals surface area contributed by atoms with Crippen LogP contribution in [0.15, 0.2) is 12.2 Å². The molecule has 176 valence electrons. The zero-order valence-corrected chi connectivity index (χ0v) is 20.7. The Labute approximate surface area is 190 Å². The molecule has 31 heavy (non-hydrogen) atoms. The minimum absolute atomic E-state index is 0.0152. The van der Waals surface area contributed by atoms with Crippen molar-refractivity contribution < 1.29 is 15.0 Å². The zero-order chi connectivity index (χ0) is 22.8. The van der Waals surface area contributed by atoms with Crippen LogP contribution in [-0.2, 0) is 4.79 Å². The first-order chi connectivity index (χ1) is 14.4. The van der Waals surface area contributed by atoms with E-state index in [0.29, 0.717) is 53.3 Å². The molecule has 4 unspecified atom stereocenters. The Balaban J connectivity index is 1.57. The normalized spacial score (nSPS) is 49.6. The molecule has 10 atom stereocenters. The molecule has 0 amide bonds. The Hall–Kier alpha value is -0.670. The number of hydrogen-bond donors (Lipinski definition) is 2. The van der Waals surface area contributed by atoms with Gasteiger partial charge in [-0.25, -0.2) is 0 Å². The SMILES string of the molecule is CC(C)[C@@H](C)/C=C/[C@@H](C)C1CCC2C3CC(=O)[C@@]4(O)C[C@@H](O)CC[C@]4(C)C3CC[C@@]21C. The van der Waals surface area contributed by atoms with Gasteiger partial charge in [0.1, 0.15) is 5.60 Å². The summed E-state index contributed by atoms with van der Waals surface area (Å²) >= 11 is 0. The van der Waals surface area contributed by atoms with Crippen molar-refractivity contribution in [2.75, 3.05) is 0 Å². The fourth-order valence-electron chi connectivity index (χ4n) is 8.63. The standard InChI is InChI=1S/C28H46O3/c1-17(2)18(3)7-8-19(4)22-9-10-23-21-15-25(30)28(31)16-20(29)11-14-27(28,6)24(21)12-13-26(22,23)5/h7-8,17-24,29,31H,9-16H2,1-6H3/b8-7+/t18-,19+,20-,21?,22?,23?,24?,26+,27+,28-/m0/s1. The first-order valence-corrected chi connectivity index (χ1v) is 13.1. The molecule has 3 heteroatoms. The van der Waals surface area contributed by atoms with Crippen molar-refractivity contribution in [1.82, 2.24) is 0 Å². The Bertz CT molecular complexity index is 728. The first kappa shape index (κ1) is 23.5. The summed E-state index contributed by atoms with van der Waals surface area (Å²) in [6.45, 7) is 14.0. The summed E-state index contributed by atoms with van der Waals surface area (Å²) in [4.78, 5) is 13.3. The molecule has 4 aliphatic rings. The smallest absolute Gasteiger partial charge is 0.165 e. The molecule has 4 fully saturated rings. The molecule has 0 aromatic heterocycles. The highest BCUT2D eigenvalue weighted by Gasteiger charge is 2.67. The zero-order valence-electron chi connectivity index (χ0n) is 20.7. The van der Waals surface area contributed by atoms with Crippen LogP contribution in [-0.4, -0.2) is 27.7 Å². The minimum atomic E-state index is -1.32. The van der Waals surface area contributed by atoms with Gasteiger partial charge in [-0.15, -0.1) is 0 Å². The Kier molecular flexibility index (Phi) is 6.04. The maximum atomic E-state index is 13.3. The monoisotopic (exact) mass is 430 g/mol. The van der Waals surface area contributed by atoms with E-state index in [2.05, 4.69) is 53.7 Å². The molecule has 2 N–H and O–H groups in total. The van der Waals surface area contributed by atoms with E-state index < -0.39 is 11.7 Å². The second-order valence-corrected chi connectivity index (χ2v) is 12.8. The highest BCUT2D eigenvalue weighted by atomic mass is 16.3. The highest BCUT2D eigenvalue weighted by Crippen LogP contribution is 2.68. The lowest BCUT2D eigenvalue weighted by Gasteiger charge is -2.63. The largest absolute Gasteiger partial charge is 0.393 e. The van der Waals surface area contributed by atoms with Gasteiger partial charge in [0, 0.05) is 18.3 Å². The van der Waals surface area contributed by atoms with Gasteiger partial charge < -0.3 is 10.2 Å². The quantitative estimate of drug-likeness (QED) is 0.556. The molecule has 0 saturated heterocycles. The summed E-state index contributed by atoms with van der Waals surface area (Å²) in [7, 11) is 0. The summed E-state index contributed by atoms with van der Waals surface area (Å²) in [6.07, 6.45) is 11.4. The third-order valence-corrected chi connectivity index (χ3v) is 11.1. The molecule has 4 rings (SSSR count). The van der Waals surface area contributed by atoms with Crippen molar-refractivity contribution in [2.24, 2.45) is 52.3 Å². The number of hydrogen-bond acceptors (Lipinski definition) is 3. The average molecular weight is 431 g/mol. The van der Waals surface area contributed by atoms with E-state index in [-0.39, 0.29) is 17.6 Å². The summed E-state index contributed by atoms with van der Waals surface area (Å²) in [5.74, 6) is 3.96. The van der Waals surface area contributed by atoms with E-state index in [1.807, 2.05) is 0 Å². The number of Topliss-reactive ketones (excluding diaryl/α,β-unsaturated/α-hetero) is 1. The van der Waals surface area contributed by atoms with Crippen LogP contribution >= 0.6 is 0 Å². The molecular weight excluding hydrogens is 384 g/mol. The van der Waals surface area contributed by atoms with Crippen molar-refractivity contribution in [3.05, 3.63) is 12.2 Å². The Morgan fingerprint density at radius 1 is 0.968 bits per heavy atom. The lowest BCUT2D eigenvalue weighted by molar-refractivity contribution is -0.213. The van der Waals surface area contributed by atoms with Gasteiger partial charge in [-0.1, -0.05) is 53.7 Å². The third kappa shape index (κ3) is 3.48. The van der Waals surface area contributed by atoms with Crippen LogP contribution in [0.5, 0.6) is 0 Å². The lowest BCUT2D eigenvalue weighted by atomic mass is 9.42. The fraction of sp³-hybridized carbons (Fsp3) is 0.893. The predicted octanol–water partition coefficient (Wildman–Crippen LogP) is 5.78. The van der Waals surface area contributed by atoms with Crippen LogP contribution in [0.2, 0.25) is 0 Å². The summed E-state index contributed by atoms with van der Waals surface area (Å²) in [6, 6.07) is 0. The number of aliphatic hydroxyl groups excluding tert-OH is 1. The van der Waals surface area contributed by atoms with Crippen LogP contribution in [0.4, 0.5) is 0 Å². The van der Waals surface area contributed by atoms with Crippen LogP contribution in [0.25, 0.3) is 0 Å². The molecule has 4 saturated carbocycles. The van der Waals surface area contributed by atoms with E-state index in [4.69, 9.17) is 0 Å². The molecule has 3 nitrogen and oxygen atoms in total. The third-order valence-electron chi connectivity index (χ3n) is 11.1. The molecule has 0 aromatic rings. The minimum Gasteiger partial charge on any atom is -0.393 e. The fourth-order valence-corrected chi connectivity index (χ4v) is 8.63. The maximum absolute atomic E-state index is 13.3. The molecule has 0 spiro atoms. The van der Waals surface area contributed by atoms with Crippen LogP contribution < -0.4 is 0 Å². The van der Waals surface area contributed by atoms with Gasteiger partial charge >= 0.3 is 0 Å². The number of allylic oxidation sites excluding steroid dienone is 2. The van der Waals surface area contributed by atoms with Gasteiger partial charge in [-0.05, 0) is 85.4 Å². The number of fused-ring (bicyclic) bond motifs is 5. The van der Waals surface area contributed by atoms with Gasteiger partial charge in [-0.2, -0.15) is 0 Å². The predicted molar refractivity (Wildman–Crippen MR) is 125 cm³/mol. The van der Waals surface area contributed by atoms with Crippen molar-refractivity contribution in [1.29, 1.82) is 0 Å². The number of rotatable bonds is 4. The van der Waals surface area contributed by atoms with Gasteiger partial charge in [-0.3, -0.25) is 4.79 Å². The number of carbonyl (C=O) groups excluding carboxylic acids is 1. The molecular formula is C28H46O3. The van der Waals surface area contributed by atoms with Gasteiger partial charge in [0.05, 0.1) is 6.10 Å². The van der Waals surface area contributed by atoms with E-state index in [9.17, 15) is 15.0 Å². The highest BCUT2D eigenvalue weighted by molar-refractivity contribution is 5.89. The van der Waals surface area contributed by atoms with Gasteiger partial charge in [0.25, 0.3) is 0 Å². The lowest BCUT2D eigenvalue weighted by Crippen LogP contribution is -2.67. The molecule has 0 radical (unpaired) electrons. The topological polar surface area (TPSA) is 57.5 Å². The van der Waals surface area contributed by atoms with Crippen LogP contribution in [0.3, 0.4) is 0 Å². The summed E-state index contributed by atoms with van der Waals surface area (Å²) < 4.78 is 0. The number of carbonyl (C=O) groups is 1. The van der Waals surface area contributed by atoms with Crippen molar-refractivity contribution in [3.63, 3.8) is 0 Å². The Morgan fingerprint density at radius 3 is 2.35 bits per heavy atom. The van der Waals surface area contributed by atoms with Crippen molar-refractivity contribution in [3.8, 4) is 0 Å². The molecule has 0 heterocycles. The van der Waals surface area contributed by atoms with Gasteiger partial charge in [0.15, 0.2) is 5.78 Å². The summed E-state index contributed by atoms with van der Waals surface area (Å²) in [5.41, 5.74) is -1.39. The van der Waals surface area contributed by atoms with E-state index in [0.717, 1.165) is 19.3 Å². The van der Waals surface area contributed by atoms with Crippen molar-refractivity contribution >= 4 is 5.78 Å². The van der Waals surface area contributed by atoms with E-state index >= 15 is 0 Å². The molecule has 0 bridgehead atoms.